The van der Waals surface area contributed by atoms with Gasteiger partial charge in [0.15, 0.2) is 0 Å². The topological polar surface area (TPSA) is 32.3 Å². The van der Waals surface area contributed by atoms with E-state index in [2.05, 4.69) is 40.0 Å². The quantitative estimate of drug-likeness (QED) is 0.873. The van der Waals surface area contributed by atoms with Crippen molar-refractivity contribution in [2.75, 3.05) is 25.0 Å². The number of aryl methyl sites for hydroxylation is 1. The van der Waals surface area contributed by atoms with E-state index < -0.39 is 0 Å². The van der Waals surface area contributed by atoms with Crippen molar-refractivity contribution in [2.24, 2.45) is 0 Å². The van der Waals surface area contributed by atoms with Crippen LogP contribution in [0.1, 0.15) is 25.8 Å². The number of benzene rings is 1. The summed E-state index contributed by atoms with van der Waals surface area (Å²) < 4.78 is 1.03. The van der Waals surface area contributed by atoms with Gasteiger partial charge in [-0.2, -0.15) is 0 Å². The number of nitrogens with zero attached hydrogens (tertiary/aromatic N) is 1. The molecular formula is C14H21BrN2O. The summed E-state index contributed by atoms with van der Waals surface area (Å²) in [4.78, 5) is 14.1. The fraction of sp³-hybridized carbons (Fsp3) is 0.500. The number of amides is 1. The Hall–Kier alpha value is -0.870. The van der Waals surface area contributed by atoms with Crippen molar-refractivity contribution >= 4 is 27.5 Å². The number of rotatable bonds is 6. The predicted molar refractivity (Wildman–Crippen MR) is 79.9 cm³/mol. The first-order valence-electron chi connectivity index (χ1n) is 6.35. The van der Waals surface area contributed by atoms with Crippen LogP contribution in [0.5, 0.6) is 0 Å². The summed E-state index contributed by atoms with van der Waals surface area (Å²) in [5, 5.41) is 2.95. The Morgan fingerprint density at radius 1 is 1.33 bits per heavy atom. The number of halogens is 1. The molecule has 4 heteroatoms. The van der Waals surface area contributed by atoms with Gasteiger partial charge in [-0.05, 0) is 43.8 Å². The Kier molecular flexibility index (Phi) is 6.36. The number of carbonyl (C=O) groups excluding carboxylic acids is 1. The Morgan fingerprint density at radius 2 is 2.00 bits per heavy atom. The SMILES string of the molecule is CCN(CC)CCC(=O)Nc1ccc(Br)cc1C. The Labute approximate surface area is 118 Å². The van der Waals surface area contributed by atoms with E-state index in [0.29, 0.717) is 6.42 Å². The highest BCUT2D eigenvalue weighted by Crippen LogP contribution is 2.20. The largest absolute Gasteiger partial charge is 0.326 e. The number of anilines is 1. The van der Waals surface area contributed by atoms with Gasteiger partial charge in [0.25, 0.3) is 0 Å². The maximum Gasteiger partial charge on any atom is 0.225 e. The Morgan fingerprint density at radius 3 is 2.56 bits per heavy atom. The molecule has 0 atom stereocenters. The molecule has 3 nitrogen and oxygen atoms in total. The van der Waals surface area contributed by atoms with E-state index in [9.17, 15) is 4.79 Å². The van der Waals surface area contributed by atoms with Gasteiger partial charge in [-0.15, -0.1) is 0 Å². The van der Waals surface area contributed by atoms with Crippen molar-refractivity contribution in [2.45, 2.75) is 27.2 Å². The highest BCUT2D eigenvalue weighted by atomic mass is 79.9. The fourth-order valence-corrected chi connectivity index (χ4v) is 2.26. The van der Waals surface area contributed by atoms with Gasteiger partial charge in [0, 0.05) is 23.1 Å². The van der Waals surface area contributed by atoms with Crippen molar-refractivity contribution in [3.63, 3.8) is 0 Å². The molecule has 18 heavy (non-hydrogen) atoms. The van der Waals surface area contributed by atoms with E-state index in [1.807, 2.05) is 25.1 Å². The third-order valence-electron chi connectivity index (χ3n) is 3.01. The molecule has 1 N–H and O–H groups in total. The molecule has 0 heterocycles. The van der Waals surface area contributed by atoms with Gasteiger partial charge in [0.2, 0.25) is 5.91 Å². The van der Waals surface area contributed by atoms with Gasteiger partial charge in [0.1, 0.15) is 0 Å². The van der Waals surface area contributed by atoms with Crippen LogP contribution in [0.2, 0.25) is 0 Å². The van der Waals surface area contributed by atoms with Gasteiger partial charge in [-0.3, -0.25) is 4.79 Å². The van der Waals surface area contributed by atoms with Crippen LogP contribution < -0.4 is 5.32 Å². The predicted octanol–water partition coefficient (Wildman–Crippen LogP) is 3.43. The van der Waals surface area contributed by atoms with E-state index in [-0.39, 0.29) is 5.91 Å². The van der Waals surface area contributed by atoms with Crippen LogP contribution in [0, 0.1) is 6.92 Å². The highest BCUT2D eigenvalue weighted by Gasteiger charge is 2.07. The lowest BCUT2D eigenvalue weighted by molar-refractivity contribution is -0.116. The molecule has 0 fully saturated rings. The average molecular weight is 313 g/mol. The smallest absolute Gasteiger partial charge is 0.225 e. The second kappa shape index (κ2) is 7.54. The number of hydrogen-bond donors (Lipinski definition) is 1. The first kappa shape index (κ1) is 15.2. The molecule has 0 spiro atoms. The molecule has 0 saturated carbocycles. The third-order valence-corrected chi connectivity index (χ3v) is 3.51. The summed E-state index contributed by atoms with van der Waals surface area (Å²) in [6, 6.07) is 5.86. The molecule has 0 aliphatic carbocycles. The van der Waals surface area contributed by atoms with Crippen LogP contribution in [0.15, 0.2) is 22.7 Å². The Bertz CT molecular complexity index is 403. The third kappa shape index (κ3) is 4.78. The molecule has 0 saturated heterocycles. The van der Waals surface area contributed by atoms with Crippen LogP contribution in [0.25, 0.3) is 0 Å². The monoisotopic (exact) mass is 312 g/mol. The second-order valence-electron chi connectivity index (χ2n) is 4.28. The summed E-state index contributed by atoms with van der Waals surface area (Å²) in [5.74, 6) is 0.0762. The van der Waals surface area contributed by atoms with Crippen molar-refractivity contribution < 1.29 is 4.79 Å². The fourth-order valence-electron chi connectivity index (χ4n) is 1.78. The zero-order chi connectivity index (χ0) is 13.5. The average Bonchev–Trinajstić information content (AvgIpc) is 2.34. The maximum atomic E-state index is 11.8. The summed E-state index contributed by atoms with van der Waals surface area (Å²) in [7, 11) is 0. The number of carbonyl (C=O) groups is 1. The van der Waals surface area contributed by atoms with Gasteiger partial charge >= 0.3 is 0 Å². The van der Waals surface area contributed by atoms with Gasteiger partial charge in [-0.1, -0.05) is 29.8 Å². The lowest BCUT2D eigenvalue weighted by Gasteiger charge is -2.17. The van der Waals surface area contributed by atoms with Crippen molar-refractivity contribution in [3.05, 3.63) is 28.2 Å². The van der Waals surface area contributed by atoms with Gasteiger partial charge < -0.3 is 10.2 Å². The zero-order valence-electron chi connectivity index (χ0n) is 11.3. The Balaban J connectivity index is 2.49. The lowest BCUT2D eigenvalue weighted by Crippen LogP contribution is -2.27. The molecule has 100 valence electrons. The second-order valence-corrected chi connectivity index (χ2v) is 5.20. The van der Waals surface area contributed by atoms with Crippen LogP contribution in [-0.2, 0) is 4.79 Å². The zero-order valence-corrected chi connectivity index (χ0v) is 12.9. The minimum absolute atomic E-state index is 0.0762. The van der Waals surface area contributed by atoms with Gasteiger partial charge in [0.05, 0.1) is 0 Å². The minimum atomic E-state index is 0.0762. The molecule has 0 radical (unpaired) electrons. The first-order chi connectivity index (χ1) is 8.56. The van der Waals surface area contributed by atoms with Crippen LogP contribution in [0.3, 0.4) is 0 Å². The molecule has 1 aromatic rings. The van der Waals surface area contributed by atoms with Crippen LogP contribution >= 0.6 is 15.9 Å². The van der Waals surface area contributed by atoms with Crippen molar-refractivity contribution in [1.29, 1.82) is 0 Å². The highest BCUT2D eigenvalue weighted by molar-refractivity contribution is 9.10. The van der Waals surface area contributed by atoms with Crippen molar-refractivity contribution in [3.8, 4) is 0 Å². The van der Waals surface area contributed by atoms with E-state index >= 15 is 0 Å². The van der Waals surface area contributed by atoms with E-state index in [0.717, 1.165) is 35.4 Å². The molecule has 0 bridgehead atoms. The lowest BCUT2D eigenvalue weighted by atomic mass is 10.2. The first-order valence-corrected chi connectivity index (χ1v) is 7.14. The number of nitrogens with one attached hydrogen (secondary N) is 1. The molecule has 0 aliphatic heterocycles. The molecule has 0 unspecified atom stereocenters. The van der Waals surface area contributed by atoms with E-state index in [4.69, 9.17) is 0 Å². The minimum Gasteiger partial charge on any atom is -0.326 e. The summed E-state index contributed by atoms with van der Waals surface area (Å²) >= 11 is 3.41. The van der Waals surface area contributed by atoms with Crippen molar-refractivity contribution in [1.82, 2.24) is 4.90 Å². The van der Waals surface area contributed by atoms with Crippen LogP contribution in [0.4, 0.5) is 5.69 Å². The molecule has 1 amide bonds. The normalized spacial score (nSPS) is 10.7. The molecule has 0 aliphatic rings. The maximum absolute atomic E-state index is 11.8. The number of hydrogen-bond acceptors (Lipinski definition) is 2. The van der Waals surface area contributed by atoms with Crippen LogP contribution in [-0.4, -0.2) is 30.4 Å². The standard InChI is InChI=1S/C14H21BrN2O/c1-4-17(5-2)9-8-14(18)16-13-7-6-12(15)10-11(13)3/h6-7,10H,4-5,8-9H2,1-3H3,(H,16,18). The molecule has 1 rings (SSSR count). The van der Waals surface area contributed by atoms with E-state index in [1.54, 1.807) is 0 Å². The molecule has 1 aromatic carbocycles. The van der Waals surface area contributed by atoms with E-state index in [1.165, 1.54) is 0 Å². The molecule has 0 aromatic heterocycles. The van der Waals surface area contributed by atoms with Gasteiger partial charge in [-0.25, -0.2) is 0 Å². The summed E-state index contributed by atoms with van der Waals surface area (Å²) in [6.07, 6.45) is 0.539. The summed E-state index contributed by atoms with van der Waals surface area (Å²) in [6.45, 7) is 9.00. The molecular weight excluding hydrogens is 292 g/mol. The summed E-state index contributed by atoms with van der Waals surface area (Å²) in [5.41, 5.74) is 1.96.